The van der Waals surface area contributed by atoms with Crippen LogP contribution in [0.25, 0.3) is 0 Å². The Bertz CT molecular complexity index is 611. The molecule has 3 saturated heterocycles. The average molecular weight is 382 g/mol. The lowest BCUT2D eigenvalue weighted by Crippen LogP contribution is -2.57. The van der Waals surface area contributed by atoms with E-state index in [0.29, 0.717) is 19.4 Å². The van der Waals surface area contributed by atoms with E-state index in [-0.39, 0.29) is 25.0 Å². The number of esters is 1. The van der Waals surface area contributed by atoms with E-state index in [1.807, 2.05) is 6.92 Å². The van der Waals surface area contributed by atoms with Crippen molar-refractivity contribution in [1.29, 1.82) is 0 Å². The van der Waals surface area contributed by atoms with Crippen LogP contribution in [0, 0.1) is 11.8 Å². The first-order valence-electron chi connectivity index (χ1n) is 9.98. The van der Waals surface area contributed by atoms with Crippen molar-refractivity contribution in [2.24, 2.45) is 11.8 Å². The lowest BCUT2D eigenvalue weighted by molar-refractivity contribution is -0.155. The van der Waals surface area contributed by atoms with E-state index in [0.717, 1.165) is 12.8 Å². The van der Waals surface area contributed by atoms with Crippen molar-refractivity contribution in [1.82, 2.24) is 10.2 Å². The molecule has 3 rings (SSSR count). The van der Waals surface area contributed by atoms with Gasteiger partial charge in [-0.1, -0.05) is 13.3 Å². The number of aliphatic hydroxyl groups excluding tert-OH is 1. The van der Waals surface area contributed by atoms with E-state index in [1.165, 1.54) is 4.90 Å². The first kappa shape index (κ1) is 20.1. The van der Waals surface area contributed by atoms with Gasteiger partial charge in [0.15, 0.2) is 0 Å². The van der Waals surface area contributed by atoms with Gasteiger partial charge >= 0.3 is 5.97 Å². The average Bonchev–Trinajstić information content (AvgIpc) is 3.28. The second-order valence-electron chi connectivity index (χ2n) is 7.73. The third kappa shape index (κ3) is 3.02. The Labute approximate surface area is 159 Å². The predicted molar refractivity (Wildman–Crippen MR) is 95.6 cm³/mol. The molecule has 0 aliphatic carbocycles. The zero-order chi connectivity index (χ0) is 19.8. The van der Waals surface area contributed by atoms with Gasteiger partial charge in [-0.3, -0.25) is 14.4 Å². The summed E-state index contributed by atoms with van der Waals surface area (Å²) in [6.07, 6.45) is 2.55. The Morgan fingerprint density at radius 2 is 2.19 bits per heavy atom. The van der Waals surface area contributed by atoms with Crippen LogP contribution in [0.2, 0.25) is 0 Å². The molecule has 3 fully saturated rings. The number of aliphatic hydroxyl groups is 1. The number of rotatable bonds is 8. The third-order valence-electron chi connectivity index (χ3n) is 6.11. The van der Waals surface area contributed by atoms with Crippen LogP contribution in [-0.2, 0) is 23.9 Å². The maximum atomic E-state index is 13.3. The molecule has 8 heteroatoms. The Balaban J connectivity index is 1.95. The smallest absolute Gasteiger partial charge is 0.312 e. The van der Waals surface area contributed by atoms with Gasteiger partial charge in [-0.05, 0) is 33.1 Å². The molecule has 2 N–H and O–H groups in total. The van der Waals surface area contributed by atoms with Gasteiger partial charge in [0.25, 0.3) is 0 Å². The fourth-order valence-corrected chi connectivity index (χ4v) is 4.94. The number of fused-ring (bicyclic) bond motifs is 1. The van der Waals surface area contributed by atoms with Gasteiger partial charge < -0.3 is 24.8 Å². The summed E-state index contributed by atoms with van der Waals surface area (Å²) >= 11 is 0. The number of likely N-dealkylation sites (tertiary alicyclic amines) is 1. The normalized spacial score (nSPS) is 35.3. The molecule has 3 aliphatic heterocycles. The summed E-state index contributed by atoms with van der Waals surface area (Å²) < 4.78 is 11.4. The molecule has 1 spiro atoms. The van der Waals surface area contributed by atoms with Crippen LogP contribution in [0.4, 0.5) is 0 Å². The van der Waals surface area contributed by atoms with Crippen LogP contribution in [0.3, 0.4) is 0 Å². The molecule has 0 radical (unpaired) electrons. The van der Waals surface area contributed by atoms with E-state index in [1.54, 1.807) is 13.8 Å². The summed E-state index contributed by atoms with van der Waals surface area (Å²) in [6, 6.07) is -1.37. The van der Waals surface area contributed by atoms with Gasteiger partial charge in [-0.15, -0.1) is 0 Å². The topological polar surface area (TPSA) is 105 Å². The maximum absolute atomic E-state index is 13.3. The number of amides is 2. The first-order valence-corrected chi connectivity index (χ1v) is 9.98. The van der Waals surface area contributed by atoms with E-state index < -0.39 is 41.6 Å². The highest BCUT2D eigenvalue weighted by molar-refractivity contribution is 5.98. The molecule has 0 aromatic rings. The predicted octanol–water partition coefficient (Wildman–Crippen LogP) is 0.221. The fraction of sp³-hybridized carbons (Fsp3) is 0.842. The number of unbranched alkanes of at least 4 members (excludes halogenated alkanes) is 1. The highest BCUT2D eigenvalue weighted by atomic mass is 16.6. The lowest BCUT2D eigenvalue weighted by atomic mass is 9.71. The van der Waals surface area contributed by atoms with Crippen LogP contribution in [0.1, 0.15) is 46.5 Å². The number of nitrogens with one attached hydrogen (secondary N) is 1. The standard InChI is InChI=1S/C19H30N2O6/c1-4-6-9-20-16(23)15-19-8-7-12(27-19)13(18(25)26-5-2)14(19)17(24)21(15)11(3)10-22/h11-15,22H,4-10H2,1-3H3,(H,20,23)/t11-,12+,13-,14-,15+,19-/m1/s1. The van der Waals surface area contributed by atoms with Crippen molar-refractivity contribution in [2.45, 2.75) is 70.2 Å². The Kier molecular flexibility index (Phi) is 5.76. The second-order valence-corrected chi connectivity index (χ2v) is 7.73. The van der Waals surface area contributed by atoms with Crippen LogP contribution in [0.15, 0.2) is 0 Å². The molecule has 152 valence electrons. The van der Waals surface area contributed by atoms with Gasteiger partial charge in [0.1, 0.15) is 11.6 Å². The van der Waals surface area contributed by atoms with Gasteiger partial charge in [0.05, 0.1) is 37.2 Å². The monoisotopic (exact) mass is 382 g/mol. The molecule has 2 amide bonds. The molecule has 0 saturated carbocycles. The number of hydrogen-bond acceptors (Lipinski definition) is 6. The molecule has 3 heterocycles. The maximum Gasteiger partial charge on any atom is 0.312 e. The zero-order valence-corrected chi connectivity index (χ0v) is 16.3. The quantitative estimate of drug-likeness (QED) is 0.460. The van der Waals surface area contributed by atoms with Gasteiger partial charge in [-0.25, -0.2) is 0 Å². The molecule has 2 bridgehead atoms. The van der Waals surface area contributed by atoms with Crippen molar-refractivity contribution in [3.8, 4) is 0 Å². The Morgan fingerprint density at radius 1 is 1.44 bits per heavy atom. The van der Waals surface area contributed by atoms with E-state index >= 15 is 0 Å². The summed E-state index contributed by atoms with van der Waals surface area (Å²) in [5.41, 5.74) is -1.01. The van der Waals surface area contributed by atoms with Crippen LogP contribution in [-0.4, -0.2) is 71.3 Å². The molecule has 0 aromatic carbocycles. The summed E-state index contributed by atoms with van der Waals surface area (Å²) in [6.45, 7) is 5.95. The van der Waals surface area contributed by atoms with Crippen molar-refractivity contribution >= 4 is 17.8 Å². The van der Waals surface area contributed by atoms with E-state index in [2.05, 4.69) is 5.32 Å². The molecule has 0 unspecified atom stereocenters. The molecular formula is C19H30N2O6. The van der Waals surface area contributed by atoms with Crippen LogP contribution in [0.5, 0.6) is 0 Å². The van der Waals surface area contributed by atoms with Gasteiger partial charge in [0.2, 0.25) is 11.8 Å². The minimum Gasteiger partial charge on any atom is -0.466 e. The lowest BCUT2D eigenvalue weighted by Gasteiger charge is -2.35. The number of carbonyl (C=O) groups excluding carboxylic acids is 3. The summed E-state index contributed by atoms with van der Waals surface area (Å²) in [5, 5.41) is 12.6. The number of nitrogens with zero attached hydrogens (tertiary/aromatic N) is 1. The van der Waals surface area contributed by atoms with Gasteiger partial charge in [-0.2, -0.15) is 0 Å². The van der Waals surface area contributed by atoms with Gasteiger partial charge in [0, 0.05) is 6.54 Å². The second kappa shape index (κ2) is 7.75. The Morgan fingerprint density at radius 3 is 2.81 bits per heavy atom. The minimum absolute atomic E-state index is 0.230. The SMILES string of the molecule is CCCCNC(=O)[C@@H]1N([C@H](C)CO)C(=O)[C@H]2[C@H](C(=O)OCC)[C@@H]3CC[C@]12O3. The van der Waals surface area contributed by atoms with Crippen LogP contribution >= 0.6 is 0 Å². The van der Waals surface area contributed by atoms with E-state index in [4.69, 9.17) is 9.47 Å². The molecule has 0 aromatic heterocycles. The summed E-state index contributed by atoms with van der Waals surface area (Å²) in [7, 11) is 0. The van der Waals surface area contributed by atoms with Crippen molar-refractivity contribution < 1.29 is 29.0 Å². The van der Waals surface area contributed by atoms with Crippen LogP contribution < -0.4 is 5.32 Å². The zero-order valence-electron chi connectivity index (χ0n) is 16.3. The number of ether oxygens (including phenoxy) is 2. The van der Waals surface area contributed by atoms with E-state index in [9.17, 15) is 19.5 Å². The van der Waals surface area contributed by atoms with Crippen molar-refractivity contribution in [3.63, 3.8) is 0 Å². The third-order valence-corrected chi connectivity index (χ3v) is 6.11. The molecular weight excluding hydrogens is 352 g/mol. The minimum atomic E-state index is -1.01. The molecule has 6 atom stereocenters. The fourth-order valence-electron chi connectivity index (χ4n) is 4.94. The summed E-state index contributed by atoms with van der Waals surface area (Å²) in [5.74, 6) is -2.43. The largest absolute Gasteiger partial charge is 0.466 e. The van der Waals surface area contributed by atoms with Crippen molar-refractivity contribution in [3.05, 3.63) is 0 Å². The molecule has 27 heavy (non-hydrogen) atoms. The molecule has 3 aliphatic rings. The number of hydrogen-bond donors (Lipinski definition) is 2. The highest BCUT2D eigenvalue weighted by Gasteiger charge is 2.75. The molecule has 8 nitrogen and oxygen atoms in total. The van der Waals surface area contributed by atoms with Crippen molar-refractivity contribution in [2.75, 3.05) is 19.8 Å². The summed E-state index contributed by atoms with van der Waals surface area (Å²) in [4.78, 5) is 40.3. The number of carbonyl (C=O) groups is 3. The highest BCUT2D eigenvalue weighted by Crippen LogP contribution is 2.58. The first-order chi connectivity index (χ1) is 12.9. The Hall–Kier alpha value is -1.67.